The molecule has 0 amide bonds. The zero-order valence-corrected chi connectivity index (χ0v) is 15.0. The number of rotatable bonds is 4. The summed E-state index contributed by atoms with van der Waals surface area (Å²) in [5, 5.41) is 28.9. The van der Waals surface area contributed by atoms with Crippen molar-refractivity contribution in [2.45, 2.75) is 19.3 Å². The van der Waals surface area contributed by atoms with Gasteiger partial charge in [-0.05, 0) is 58.9 Å². The maximum Gasteiger partial charge on any atom is 0.163 e. The zero-order valence-electron chi connectivity index (χ0n) is 15.0. The van der Waals surface area contributed by atoms with Crippen molar-refractivity contribution in [2.24, 2.45) is 5.41 Å². The number of phenolic OH excluding ortho intramolecular Hbond substituents is 1. The summed E-state index contributed by atoms with van der Waals surface area (Å²) < 4.78 is 0. The van der Waals surface area contributed by atoms with Crippen molar-refractivity contribution in [3.05, 3.63) is 76.9 Å². The minimum atomic E-state index is -0.748. The number of fused-ring (bicyclic) bond motifs is 1. The second-order valence-electron chi connectivity index (χ2n) is 7.55. The van der Waals surface area contributed by atoms with Gasteiger partial charge in [-0.3, -0.25) is 4.79 Å². The summed E-state index contributed by atoms with van der Waals surface area (Å²) in [5.74, 6) is 0.215. The molecule has 138 valence electrons. The highest BCUT2D eigenvalue weighted by atomic mass is 16.3. The van der Waals surface area contributed by atoms with E-state index in [1.807, 2.05) is 30.3 Å². The molecule has 0 saturated heterocycles. The molecule has 4 nitrogen and oxygen atoms in total. The number of carbonyl (C=O) groups is 1. The van der Waals surface area contributed by atoms with Crippen LogP contribution in [0.1, 0.15) is 39.9 Å². The summed E-state index contributed by atoms with van der Waals surface area (Å²) in [6.45, 7) is -0.391. The lowest BCUT2D eigenvalue weighted by atomic mass is 9.71. The maximum absolute atomic E-state index is 12.6. The topological polar surface area (TPSA) is 77.8 Å². The molecule has 0 aromatic heterocycles. The number of Topliss-reactive ketones (excluding diaryl/α,β-unsaturated/α-hetero) is 1. The van der Waals surface area contributed by atoms with Crippen LogP contribution in [-0.2, 0) is 6.42 Å². The predicted molar refractivity (Wildman–Crippen MR) is 104 cm³/mol. The molecule has 0 radical (unpaired) electrons. The van der Waals surface area contributed by atoms with Gasteiger partial charge in [0.25, 0.3) is 0 Å². The molecule has 0 spiro atoms. The van der Waals surface area contributed by atoms with Gasteiger partial charge in [0.1, 0.15) is 5.75 Å². The third-order valence-electron chi connectivity index (χ3n) is 5.60. The zero-order chi connectivity index (χ0) is 19.0. The van der Waals surface area contributed by atoms with Crippen LogP contribution in [0.15, 0.2) is 54.6 Å². The van der Waals surface area contributed by atoms with Gasteiger partial charge in [-0.25, -0.2) is 0 Å². The van der Waals surface area contributed by atoms with Crippen molar-refractivity contribution < 1.29 is 20.1 Å². The number of aliphatic hydroxyl groups is 2. The second kappa shape index (κ2) is 6.80. The van der Waals surface area contributed by atoms with Crippen molar-refractivity contribution in [3.63, 3.8) is 0 Å². The molecule has 0 aliphatic heterocycles. The number of benzene rings is 2. The first-order chi connectivity index (χ1) is 13.0. The maximum atomic E-state index is 12.6. The number of aromatic hydroxyl groups is 1. The Hall–Kier alpha value is -2.69. The van der Waals surface area contributed by atoms with Gasteiger partial charge in [-0.15, -0.1) is 0 Å². The Balaban J connectivity index is 1.63. The lowest BCUT2D eigenvalue weighted by molar-refractivity contribution is 0.0387. The molecule has 0 fully saturated rings. The fraction of sp³-hybridized carbons (Fsp3) is 0.261. The van der Waals surface area contributed by atoms with E-state index in [-0.39, 0.29) is 31.2 Å². The molecule has 0 saturated carbocycles. The van der Waals surface area contributed by atoms with Gasteiger partial charge in [-0.1, -0.05) is 36.4 Å². The molecule has 4 heteroatoms. The molecular formula is C23H22O4. The fourth-order valence-electron chi connectivity index (χ4n) is 3.98. The smallest absolute Gasteiger partial charge is 0.163 e. The van der Waals surface area contributed by atoms with Gasteiger partial charge in [0, 0.05) is 17.4 Å². The number of hydrogen-bond acceptors (Lipinski definition) is 4. The first kappa shape index (κ1) is 17.7. The van der Waals surface area contributed by atoms with Gasteiger partial charge in [-0.2, -0.15) is 0 Å². The number of carbonyl (C=O) groups excluding carboxylic acids is 1. The van der Waals surface area contributed by atoms with Crippen molar-refractivity contribution in [3.8, 4) is 5.75 Å². The molecule has 0 bridgehead atoms. The van der Waals surface area contributed by atoms with Gasteiger partial charge in [0.05, 0.1) is 13.2 Å². The van der Waals surface area contributed by atoms with Gasteiger partial charge in [0.15, 0.2) is 5.78 Å². The number of aliphatic hydroxyl groups excluding tert-OH is 2. The lowest BCUT2D eigenvalue weighted by Crippen LogP contribution is -2.38. The second-order valence-corrected chi connectivity index (χ2v) is 7.55. The van der Waals surface area contributed by atoms with Gasteiger partial charge >= 0.3 is 0 Å². The highest BCUT2D eigenvalue weighted by molar-refractivity contribution is 6.00. The minimum Gasteiger partial charge on any atom is -0.508 e. The van der Waals surface area contributed by atoms with E-state index in [0.29, 0.717) is 12.0 Å². The summed E-state index contributed by atoms with van der Waals surface area (Å²) in [7, 11) is 0. The van der Waals surface area contributed by atoms with Crippen molar-refractivity contribution >= 4 is 16.9 Å². The minimum absolute atomic E-state index is 0.0269. The third kappa shape index (κ3) is 3.22. The molecule has 0 unspecified atom stereocenters. The van der Waals surface area contributed by atoms with Crippen LogP contribution in [0, 0.1) is 5.41 Å². The summed E-state index contributed by atoms with van der Waals surface area (Å²) in [4.78, 5) is 12.6. The predicted octanol–water partition coefficient (Wildman–Crippen LogP) is 3.36. The average Bonchev–Trinajstić information content (AvgIpc) is 3.18. The van der Waals surface area contributed by atoms with Crippen LogP contribution in [0.2, 0.25) is 0 Å². The van der Waals surface area contributed by atoms with E-state index in [4.69, 9.17) is 0 Å². The Morgan fingerprint density at radius 1 is 0.963 bits per heavy atom. The summed E-state index contributed by atoms with van der Waals surface area (Å²) >= 11 is 0. The van der Waals surface area contributed by atoms with Crippen LogP contribution < -0.4 is 0 Å². The Bertz CT molecular complexity index is 964. The van der Waals surface area contributed by atoms with Gasteiger partial charge in [0.2, 0.25) is 0 Å². The van der Waals surface area contributed by atoms with Crippen LogP contribution in [0.4, 0.5) is 0 Å². The Labute approximate surface area is 158 Å². The van der Waals surface area contributed by atoms with Crippen molar-refractivity contribution in [1.82, 2.24) is 0 Å². The molecule has 27 heavy (non-hydrogen) atoms. The van der Waals surface area contributed by atoms with E-state index >= 15 is 0 Å². The Kier molecular flexibility index (Phi) is 4.46. The summed E-state index contributed by atoms with van der Waals surface area (Å²) in [6, 6.07) is 13.1. The van der Waals surface area contributed by atoms with E-state index in [0.717, 1.165) is 34.3 Å². The van der Waals surface area contributed by atoms with Crippen LogP contribution in [0.5, 0.6) is 5.75 Å². The molecule has 3 N–H and O–H groups in total. The standard InChI is InChI=1S/C23H22O4/c24-13-23(14-25)11-19-7-6-18(10-21(19)22(27)12-23)17-5-4-16(8-17)15-2-1-3-20(26)9-15/h1-4,6-10,24-26H,5,11-14H2. The quantitative estimate of drug-likeness (QED) is 0.779. The fourth-order valence-corrected chi connectivity index (χ4v) is 3.98. The average molecular weight is 362 g/mol. The van der Waals surface area contributed by atoms with Crippen molar-refractivity contribution in [2.75, 3.05) is 13.2 Å². The normalized spacial score (nSPS) is 18.1. The monoisotopic (exact) mass is 362 g/mol. The van der Waals surface area contributed by atoms with E-state index in [1.54, 1.807) is 12.1 Å². The van der Waals surface area contributed by atoms with Crippen LogP contribution in [-0.4, -0.2) is 34.3 Å². The first-order valence-electron chi connectivity index (χ1n) is 9.12. The summed E-state index contributed by atoms with van der Waals surface area (Å²) in [5.41, 5.74) is 5.00. The number of allylic oxidation sites excluding steroid dienone is 4. The Morgan fingerprint density at radius 2 is 1.78 bits per heavy atom. The highest BCUT2D eigenvalue weighted by Crippen LogP contribution is 2.38. The third-order valence-corrected chi connectivity index (χ3v) is 5.60. The largest absolute Gasteiger partial charge is 0.508 e. The molecule has 0 heterocycles. The summed E-state index contributed by atoms with van der Waals surface area (Å²) in [6.07, 6.45) is 5.66. The van der Waals surface area contributed by atoms with Crippen LogP contribution in [0.25, 0.3) is 11.1 Å². The molecule has 2 aromatic carbocycles. The number of phenols is 1. The molecule has 2 aliphatic rings. The highest BCUT2D eigenvalue weighted by Gasteiger charge is 2.37. The van der Waals surface area contributed by atoms with Crippen LogP contribution >= 0.6 is 0 Å². The van der Waals surface area contributed by atoms with Crippen LogP contribution in [0.3, 0.4) is 0 Å². The lowest BCUT2D eigenvalue weighted by Gasteiger charge is -2.34. The Morgan fingerprint density at radius 3 is 2.52 bits per heavy atom. The van der Waals surface area contributed by atoms with Gasteiger partial charge < -0.3 is 15.3 Å². The molecule has 2 aliphatic carbocycles. The van der Waals surface area contributed by atoms with E-state index < -0.39 is 5.41 Å². The SMILES string of the molecule is O=C1CC(CO)(CO)Cc2ccc(C3=CC(c4cccc(O)c4)=CC3)cc21. The molecule has 4 rings (SSSR count). The number of ketones is 1. The molecule has 2 aromatic rings. The van der Waals surface area contributed by atoms with E-state index in [1.165, 1.54) is 0 Å². The molecular weight excluding hydrogens is 340 g/mol. The van der Waals surface area contributed by atoms with E-state index in [2.05, 4.69) is 12.2 Å². The van der Waals surface area contributed by atoms with Crippen molar-refractivity contribution in [1.29, 1.82) is 0 Å². The van der Waals surface area contributed by atoms with E-state index in [9.17, 15) is 20.1 Å². The first-order valence-corrected chi connectivity index (χ1v) is 9.12. The molecule has 0 atom stereocenters. The number of hydrogen-bond donors (Lipinski definition) is 3.